The SMILES string of the molecule is c1ccc(-c2nc(N(c3ccc(C4(c5ccccc5)c5ccccc5-c5ccccc54)cc3)c3cccc4sc5ccccc5c34)cc3c2ccc2ccccc23)cc1. The molecule has 1 aliphatic rings. The van der Waals surface area contributed by atoms with Gasteiger partial charge < -0.3 is 0 Å². The van der Waals surface area contributed by atoms with Crippen molar-refractivity contribution in [2.45, 2.75) is 5.41 Å². The molecule has 2 nitrogen and oxygen atoms in total. The summed E-state index contributed by atoms with van der Waals surface area (Å²) in [4.78, 5) is 8.05. The number of fused-ring (bicyclic) bond motifs is 9. The number of nitrogens with zero attached hydrogens (tertiary/aromatic N) is 2. The van der Waals surface area contributed by atoms with Gasteiger partial charge in [0.1, 0.15) is 5.82 Å². The van der Waals surface area contributed by atoms with Crippen LogP contribution < -0.4 is 4.90 Å². The molecule has 0 spiro atoms. The Morgan fingerprint density at radius 1 is 0.424 bits per heavy atom. The maximum absolute atomic E-state index is 5.65. The largest absolute Gasteiger partial charge is 0.294 e. The van der Waals surface area contributed by atoms with Crippen molar-refractivity contribution < 1.29 is 0 Å². The summed E-state index contributed by atoms with van der Waals surface area (Å²) < 4.78 is 2.53. The van der Waals surface area contributed by atoms with E-state index < -0.39 is 5.41 Å². The topological polar surface area (TPSA) is 16.1 Å². The smallest absolute Gasteiger partial charge is 0.138 e. The van der Waals surface area contributed by atoms with Crippen LogP contribution in [0.2, 0.25) is 0 Å². The van der Waals surface area contributed by atoms with Crippen molar-refractivity contribution in [3.8, 4) is 22.4 Å². The van der Waals surface area contributed by atoms with Gasteiger partial charge in [-0.2, -0.15) is 0 Å². The van der Waals surface area contributed by atoms with Gasteiger partial charge in [0, 0.05) is 36.8 Å². The van der Waals surface area contributed by atoms with Gasteiger partial charge in [-0.3, -0.25) is 4.90 Å². The van der Waals surface area contributed by atoms with Crippen LogP contribution in [0.3, 0.4) is 0 Å². The lowest BCUT2D eigenvalue weighted by atomic mass is 9.68. The molecular weight excluding hydrogens is 733 g/mol. The second-order valence-electron chi connectivity index (χ2n) is 15.4. The Kier molecular flexibility index (Phi) is 7.66. The van der Waals surface area contributed by atoms with E-state index in [0.29, 0.717) is 0 Å². The summed E-state index contributed by atoms with van der Waals surface area (Å²) >= 11 is 1.84. The Bertz CT molecular complexity index is 3340. The average molecular weight is 769 g/mol. The molecule has 0 amide bonds. The highest BCUT2D eigenvalue weighted by atomic mass is 32.1. The van der Waals surface area contributed by atoms with Gasteiger partial charge in [-0.05, 0) is 85.9 Å². The second kappa shape index (κ2) is 13.4. The first-order chi connectivity index (χ1) is 29.3. The highest BCUT2D eigenvalue weighted by Crippen LogP contribution is 2.56. The number of hydrogen-bond donors (Lipinski definition) is 0. The monoisotopic (exact) mass is 768 g/mol. The van der Waals surface area contributed by atoms with Crippen LogP contribution in [-0.4, -0.2) is 4.98 Å². The third kappa shape index (κ3) is 5.08. The number of rotatable bonds is 6. The molecule has 0 aliphatic heterocycles. The second-order valence-corrected chi connectivity index (χ2v) is 16.5. The van der Waals surface area contributed by atoms with E-state index in [0.717, 1.165) is 33.8 Å². The predicted molar refractivity (Wildman–Crippen MR) is 250 cm³/mol. The van der Waals surface area contributed by atoms with E-state index in [1.54, 1.807) is 0 Å². The van der Waals surface area contributed by atoms with E-state index in [4.69, 9.17) is 4.98 Å². The molecule has 11 aromatic rings. The third-order valence-electron chi connectivity index (χ3n) is 12.3. The summed E-state index contributed by atoms with van der Waals surface area (Å²) in [5, 5.41) is 7.22. The van der Waals surface area contributed by atoms with Crippen LogP contribution in [0.15, 0.2) is 218 Å². The summed E-state index contributed by atoms with van der Waals surface area (Å²) in [6, 6.07) is 79.8. The van der Waals surface area contributed by atoms with Crippen LogP contribution in [0.4, 0.5) is 17.2 Å². The summed E-state index contributed by atoms with van der Waals surface area (Å²) in [5.74, 6) is 0.873. The summed E-state index contributed by atoms with van der Waals surface area (Å²) in [6.07, 6.45) is 0. The zero-order valence-electron chi connectivity index (χ0n) is 32.1. The first kappa shape index (κ1) is 33.8. The quantitative estimate of drug-likeness (QED) is 0.157. The predicted octanol–water partition coefficient (Wildman–Crippen LogP) is 15.3. The van der Waals surface area contributed by atoms with E-state index >= 15 is 0 Å². The summed E-state index contributed by atoms with van der Waals surface area (Å²) in [7, 11) is 0. The highest BCUT2D eigenvalue weighted by Gasteiger charge is 2.45. The Morgan fingerprint density at radius 3 is 1.80 bits per heavy atom. The van der Waals surface area contributed by atoms with Gasteiger partial charge >= 0.3 is 0 Å². The molecule has 59 heavy (non-hydrogen) atoms. The molecule has 0 saturated heterocycles. The Labute approximate surface area is 346 Å². The average Bonchev–Trinajstić information content (AvgIpc) is 3.84. The van der Waals surface area contributed by atoms with Gasteiger partial charge in [0.2, 0.25) is 0 Å². The molecule has 2 aromatic heterocycles. The summed E-state index contributed by atoms with van der Waals surface area (Å²) in [5.41, 5.74) is 11.4. The van der Waals surface area contributed by atoms with E-state index in [9.17, 15) is 0 Å². The Balaban J connectivity index is 1.15. The van der Waals surface area contributed by atoms with Crippen molar-refractivity contribution >= 4 is 70.2 Å². The molecule has 0 saturated carbocycles. The first-order valence-electron chi connectivity index (χ1n) is 20.2. The molecule has 2 heterocycles. The Morgan fingerprint density at radius 2 is 1.03 bits per heavy atom. The fourth-order valence-corrected chi connectivity index (χ4v) is 11.0. The molecule has 0 radical (unpaired) electrons. The van der Waals surface area contributed by atoms with Crippen LogP contribution in [0.5, 0.6) is 0 Å². The van der Waals surface area contributed by atoms with Gasteiger partial charge in [-0.25, -0.2) is 4.98 Å². The van der Waals surface area contributed by atoms with E-state index in [-0.39, 0.29) is 0 Å². The molecule has 0 N–H and O–H groups in total. The molecule has 12 rings (SSSR count). The van der Waals surface area contributed by atoms with Gasteiger partial charge in [0.25, 0.3) is 0 Å². The molecule has 3 heteroatoms. The van der Waals surface area contributed by atoms with Crippen molar-refractivity contribution in [1.29, 1.82) is 0 Å². The van der Waals surface area contributed by atoms with Crippen LogP contribution in [0, 0.1) is 0 Å². The van der Waals surface area contributed by atoms with Crippen LogP contribution >= 0.6 is 11.3 Å². The molecule has 0 atom stereocenters. The number of thiophene rings is 1. The standard InChI is InChI=1S/C56H36N2S/c1-3-17-38(18-4-1)55-45-35-30-37-16-7-8-21-42(37)47(45)36-53(57-55)58(50-27-15-29-52-54(50)46-24-11-14-28-51(46)59-52)41-33-31-40(32-34-41)56(39-19-5-2-6-20-39)48-25-12-9-22-43(48)44-23-10-13-26-49(44)56/h1-36H. The van der Waals surface area contributed by atoms with E-state index in [2.05, 4.69) is 223 Å². The first-order valence-corrected chi connectivity index (χ1v) is 21.0. The molecule has 0 bridgehead atoms. The molecule has 276 valence electrons. The zero-order valence-corrected chi connectivity index (χ0v) is 32.9. The normalized spacial score (nSPS) is 12.9. The van der Waals surface area contributed by atoms with Gasteiger partial charge in [0.05, 0.1) is 16.8 Å². The van der Waals surface area contributed by atoms with Crippen molar-refractivity contribution in [2.24, 2.45) is 0 Å². The molecular formula is C56H36N2S. The Hall–Kier alpha value is -7.33. The van der Waals surface area contributed by atoms with E-state index in [1.165, 1.54) is 69.7 Å². The maximum atomic E-state index is 5.65. The minimum Gasteiger partial charge on any atom is -0.294 e. The van der Waals surface area contributed by atoms with E-state index in [1.807, 2.05) is 11.3 Å². The minimum absolute atomic E-state index is 0.484. The lowest BCUT2D eigenvalue weighted by Crippen LogP contribution is -2.28. The molecule has 9 aromatic carbocycles. The van der Waals surface area contributed by atoms with Crippen LogP contribution in [0.1, 0.15) is 22.3 Å². The lowest BCUT2D eigenvalue weighted by molar-refractivity contribution is 0.768. The van der Waals surface area contributed by atoms with Crippen molar-refractivity contribution in [3.05, 3.63) is 241 Å². The van der Waals surface area contributed by atoms with Gasteiger partial charge in [0.15, 0.2) is 0 Å². The number of benzene rings is 9. The minimum atomic E-state index is -0.484. The van der Waals surface area contributed by atoms with Crippen LogP contribution in [0.25, 0.3) is 64.1 Å². The fourth-order valence-electron chi connectivity index (χ4n) is 9.83. The highest BCUT2D eigenvalue weighted by molar-refractivity contribution is 7.26. The van der Waals surface area contributed by atoms with Gasteiger partial charge in [-0.1, -0.05) is 182 Å². The van der Waals surface area contributed by atoms with Crippen molar-refractivity contribution in [3.63, 3.8) is 0 Å². The number of hydrogen-bond acceptors (Lipinski definition) is 3. The molecule has 0 fully saturated rings. The number of anilines is 3. The van der Waals surface area contributed by atoms with Crippen molar-refractivity contribution in [1.82, 2.24) is 4.98 Å². The lowest BCUT2D eigenvalue weighted by Gasteiger charge is -2.34. The third-order valence-corrected chi connectivity index (χ3v) is 13.5. The fraction of sp³-hybridized carbons (Fsp3) is 0.0179. The van der Waals surface area contributed by atoms with Crippen LogP contribution in [-0.2, 0) is 5.41 Å². The molecule has 0 unspecified atom stereocenters. The van der Waals surface area contributed by atoms with Gasteiger partial charge in [-0.15, -0.1) is 11.3 Å². The maximum Gasteiger partial charge on any atom is 0.138 e. The summed E-state index contributed by atoms with van der Waals surface area (Å²) in [6.45, 7) is 0. The van der Waals surface area contributed by atoms with Crippen molar-refractivity contribution in [2.75, 3.05) is 4.90 Å². The number of pyridine rings is 1. The number of aromatic nitrogens is 1. The zero-order chi connectivity index (χ0) is 38.9. The molecule has 1 aliphatic carbocycles.